The first-order chi connectivity index (χ1) is 12.6. The van der Waals surface area contributed by atoms with Gasteiger partial charge < -0.3 is 15.4 Å². The van der Waals surface area contributed by atoms with Crippen molar-refractivity contribution in [2.75, 3.05) is 25.6 Å². The lowest BCUT2D eigenvalue weighted by Gasteiger charge is -2.06. The molecule has 0 fully saturated rings. The second-order valence-corrected chi connectivity index (χ2v) is 6.80. The summed E-state index contributed by atoms with van der Waals surface area (Å²) in [6.07, 6.45) is 0. The Hall–Kier alpha value is -2.77. The van der Waals surface area contributed by atoms with Gasteiger partial charge in [0.25, 0.3) is 0 Å². The van der Waals surface area contributed by atoms with Crippen LogP contribution in [0.3, 0.4) is 0 Å². The summed E-state index contributed by atoms with van der Waals surface area (Å²) < 4.78 is 5.97. The number of hydrogen-bond donors (Lipinski definition) is 2. The summed E-state index contributed by atoms with van der Waals surface area (Å²) in [6.45, 7) is 2.70. The maximum atomic E-state index is 11.8. The Labute approximate surface area is 155 Å². The van der Waals surface area contributed by atoms with Crippen LogP contribution in [0.25, 0.3) is 20.8 Å². The zero-order chi connectivity index (χ0) is 18.5. The van der Waals surface area contributed by atoms with Crippen LogP contribution in [0.2, 0.25) is 0 Å². The Morgan fingerprint density at radius 2 is 1.88 bits per heavy atom. The fourth-order valence-corrected chi connectivity index (χ4v) is 3.46. The summed E-state index contributed by atoms with van der Waals surface area (Å²) in [5.74, 6) is -1.39. The number of nitrogens with zero attached hydrogens (tertiary/aromatic N) is 1. The molecule has 6 nitrogen and oxygen atoms in total. The van der Waals surface area contributed by atoms with E-state index in [-0.39, 0.29) is 0 Å². The molecule has 0 radical (unpaired) electrons. The minimum absolute atomic E-state index is 0.290. The highest BCUT2D eigenvalue weighted by atomic mass is 32.1. The van der Waals surface area contributed by atoms with Crippen molar-refractivity contribution in [3.8, 4) is 10.6 Å². The van der Waals surface area contributed by atoms with E-state index in [9.17, 15) is 9.59 Å². The van der Waals surface area contributed by atoms with Gasteiger partial charge in [0.2, 0.25) is 0 Å². The predicted octanol–water partition coefficient (Wildman–Crippen LogP) is 2.97. The minimum atomic E-state index is -0.704. The summed E-state index contributed by atoms with van der Waals surface area (Å²) in [6, 6.07) is 13.4. The van der Waals surface area contributed by atoms with Gasteiger partial charge >= 0.3 is 11.8 Å². The molecule has 2 amide bonds. The van der Waals surface area contributed by atoms with Gasteiger partial charge in [-0.1, -0.05) is 6.07 Å². The zero-order valence-corrected chi connectivity index (χ0v) is 15.4. The third-order valence-electron chi connectivity index (χ3n) is 3.73. The van der Waals surface area contributed by atoms with Gasteiger partial charge in [-0.2, -0.15) is 0 Å². The van der Waals surface area contributed by atoms with E-state index in [0.717, 1.165) is 20.8 Å². The van der Waals surface area contributed by atoms with Gasteiger partial charge in [-0.05, 0) is 48.9 Å². The van der Waals surface area contributed by atoms with E-state index >= 15 is 0 Å². The fraction of sp³-hybridized carbons (Fsp3) is 0.211. The highest BCUT2D eigenvalue weighted by Gasteiger charge is 2.13. The third kappa shape index (κ3) is 4.25. The Morgan fingerprint density at radius 1 is 1.12 bits per heavy atom. The number of aromatic nitrogens is 1. The van der Waals surface area contributed by atoms with E-state index in [1.54, 1.807) is 23.5 Å². The number of nitrogens with one attached hydrogen (secondary N) is 2. The molecule has 1 heterocycles. The zero-order valence-electron chi connectivity index (χ0n) is 14.5. The number of fused-ring (bicyclic) bond motifs is 1. The van der Waals surface area contributed by atoms with Crippen LogP contribution in [0.1, 0.15) is 5.56 Å². The standard InChI is InChI=1S/C19H19N3O3S/c1-12-3-8-15-16(11-12)26-19(22-15)13-4-6-14(7-5-13)21-18(24)17(23)20-9-10-25-2/h3-8,11H,9-10H2,1-2H3,(H,20,23)(H,21,24). The molecular formula is C19H19N3O3S. The molecule has 0 aliphatic rings. The molecule has 0 spiro atoms. The van der Waals surface area contributed by atoms with Gasteiger partial charge in [-0.15, -0.1) is 11.3 Å². The fourth-order valence-electron chi connectivity index (χ4n) is 2.39. The monoisotopic (exact) mass is 369 g/mol. The van der Waals surface area contributed by atoms with Crippen LogP contribution in [-0.2, 0) is 14.3 Å². The van der Waals surface area contributed by atoms with Crippen LogP contribution in [0.15, 0.2) is 42.5 Å². The van der Waals surface area contributed by atoms with Gasteiger partial charge in [-0.25, -0.2) is 4.98 Å². The molecule has 0 unspecified atom stereocenters. The van der Waals surface area contributed by atoms with Crippen LogP contribution in [0.4, 0.5) is 5.69 Å². The molecule has 0 aliphatic carbocycles. The lowest BCUT2D eigenvalue weighted by Crippen LogP contribution is -2.37. The first-order valence-corrected chi connectivity index (χ1v) is 8.94. The number of rotatable bonds is 5. The number of carbonyl (C=O) groups excluding carboxylic acids is 2. The molecule has 0 saturated heterocycles. The quantitative estimate of drug-likeness (QED) is 0.535. The summed E-state index contributed by atoms with van der Waals surface area (Å²) in [5, 5.41) is 5.97. The maximum Gasteiger partial charge on any atom is 0.313 e. The Morgan fingerprint density at radius 3 is 2.62 bits per heavy atom. The van der Waals surface area contributed by atoms with Crippen molar-refractivity contribution < 1.29 is 14.3 Å². The predicted molar refractivity (Wildman–Crippen MR) is 103 cm³/mol. The smallest absolute Gasteiger partial charge is 0.313 e. The molecule has 1 aromatic heterocycles. The molecule has 2 aromatic carbocycles. The number of benzene rings is 2. The molecule has 3 aromatic rings. The summed E-state index contributed by atoms with van der Waals surface area (Å²) in [5.41, 5.74) is 3.69. The van der Waals surface area contributed by atoms with E-state index in [4.69, 9.17) is 4.74 Å². The van der Waals surface area contributed by atoms with E-state index < -0.39 is 11.8 Å². The van der Waals surface area contributed by atoms with Crippen molar-refractivity contribution in [1.82, 2.24) is 10.3 Å². The second kappa shape index (κ2) is 8.07. The second-order valence-electron chi connectivity index (χ2n) is 5.77. The van der Waals surface area contributed by atoms with Gasteiger partial charge in [0.15, 0.2) is 0 Å². The third-order valence-corrected chi connectivity index (χ3v) is 4.80. The van der Waals surface area contributed by atoms with Crippen molar-refractivity contribution in [2.45, 2.75) is 6.92 Å². The summed E-state index contributed by atoms with van der Waals surface area (Å²) in [4.78, 5) is 28.1. The molecule has 7 heteroatoms. The SMILES string of the molecule is COCCNC(=O)C(=O)Nc1ccc(-c2nc3ccc(C)cc3s2)cc1. The topological polar surface area (TPSA) is 80.3 Å². The highest BCUT2D eigenvalue weighted by molar-refractivity contribution is 7.21. The Kier molecular flexibility index (Phi) is 5.60. The molecule has 0 aliphatic heterocycles. The average Bonchev–Trinajstić information content (AvgIpc) is 3.05. The molecule has 0 saturated carbocycles. The summed E-state index contributed by atoms with van der Waals surface area (Å²) >= 11 is 1.63. The molecule has 134 valence electrons. The lowest BCUT2D eigenvalue weighted by atomic mass is 10.2. The number of ether oxygens (including phenoxy) is 1. The van der Waals surface area contributed by atoms with Crippen molar-refractivity contribution >= 4 is 39.1 Å². The number of methoxy groups -OCH3 is 1. The lowest BCUT2D eigenvalue weighted by molar-refractivity contribution is -0.136. The van der Waals surface area contributed by atoms with Crippen LogP contribution >= 0.6 is 11.3 Å². The van der Waals surface area contributed by atoms with E-state index in [1.165, 1.54) is 12.7 Å². The molecular weight excluding hydrogens is 350 g/mol. The Balaban J connectivity index is 1.67. The summed E-state index contributed by atoms with van der Waals surface area (Å²) in [7, 11) is 1.53. The first kappa shape index (κ1) is 18.0. The van der Waals surface area contributed by atoms with E-state index in [1.807, 2.05) is 24.3 Å². The van der Waals surface area contributed by atoms with Crippen LogP contribution in [0.5, 0.6) is 0 Å². The molecule has 26 heavy (non-hydrogen) atoms. The van der Waals surface area contributed by atoms with E-state index in [0.29, 0.717) is 18.8 Å². The minimum Gasteiger partial charge on any atom is -0.383 e. The van der Waals surface area contributed by atoms with Gasteiger partial charge in [-0.3, -0.25) is 9.59 Å². The molecule has 0 bridgehead atoms. The van der Waals surface area contributed by atoms with E-state index in [2.05, 4.69) is 28.6 Å². The molecule has 0 atom stereocenters. The van der Waals surface area contributed by atoms with Gasteiger partial charge in [0.1, 0.15) is 5.01 Å². The van der Waals surface area contributed by atoms with Crippen molar-refractivity contribution in [2.24, 2.45) is 0 Å². The van der Waals surface area contributed by atoms with Crippen LogP contribution in [-0.4, -0.2) is 37.1 Å². The maximum absolute atomic E-state index is 11.8. The number of aryl methyl sites for hydroxylation is 1. The Bertz CT molecular complexity index is 935. The number of anilines is 1. The largest absolute Gasteiger partial charge is 0.383 e. The number of thiazole rings is 1. The van der Waals surface area contributed by atoms with Gasteiger partial charge in [0, 0.05) is 24.9 Å². The number of amides is 2. The van der Waals surface area contributed by atoms with Crippen LogP contribution in [0, 0.1) is 6.92 Å². The van der Waals surface area contributed by atoms with Crippen molar-refractivity contribution in [3.05, 3.63) is 48.0 Å². The molecule has 2 N–H and O–H groups in total. The van der Waals surface area contributed by atoms with Crippen molar-refractivity contribution in [1.29, 1.82) is 0 Å². The first-order valence-electron chi connectivity index (χ1n) is 8.12. The molecule has 3 rings (SSSR count). The highest BCUT2D eigenvalue weighted by Crippen LogP contribution is 2.31. The number of hydrogen-bond acceptors (Lipinski definition) is 5. The van der Waals surface area contributed by atoms with Crippen LogP contribution < -0.4 is 10.6 Å². The number of carbonyl (C=O) groups is 2. The van der Waals surface area contributed by atoms with Gasteiger partial charge in [0.05, 0.1) is 16.8 Å². The van der Waals surface area contributed by atoms with Crippen molar-refractivity contribution in [3.63, 3.8) is 0 Å². The normalized spacial score (nSPS) is 10.7. The average molecular weight is 369 g/mol.